The van der Waals surface area contributed by atoms with Gasteiger partial charge in [0.1, 0.15) is 5.75 Å². The molecule has 1 aromatic heterocycles. The fourth-order valence-corrected chi connectivity index (χ4v) is 2.13. The summed E-state index contributed by atoms with van der Waals surface area (Å²) in [5, 5.41) is 2.54. The molecular weight excluding hydrogens is 244 g/mol. The third kappa shape index (κ3) is 2.90. The molecule has 0 bridgehead atoms. The minimum absolute atomic E-state index is 0.448. The van der Waals surface area contributed by atoms with Crippen molar-refractivity contribution in [3.63, 3.8) is 0 Å². The molecule has 92 valence electrons. The number of rotatable bonds is 4. The molecule has 18 heavy (non-hydrogen) atoms. The molecule has 3 rings (SSSR count). The second kappa shape index (κ2) is 4.82. The van der Waals surface area contributed by atoms with Crippen LogP contribution < -0.4 is 10.5 Å². The lowest BCUT2D eigenvalue weighted by atomic mass is 10.2. The molecule has 1 aliphatic carbocycles. The Morgan fingerprint density at radius 3 is 2.61 bits per heavy atom. The highest BCUT2D eigenvalue weighted by Gasteiger charge is 2.23. The molecule has 0 atom stereocenters. The Hall–Kier alpha value is -1.81. The van der Waals surface area contributed by atoms with Crippen molar-refractivity contribution in [1.29, 1.82) is 0 Å². The van der Waals surface area contributed by atoms with Crippen LogP contribution in [0.15, 0.2) is 29.6 Å². The van der Waals surface area contributed by atoms with Crippen LogP contribution in [0.1, 0.15) is 24.1 Å². The first kappa shape index (κ1) is 11.3. The highest BCUT2D eigenvalue weighted by Crippen LogP contribution is 2.26. The van der Waals surface area contributed by atoms with Gasteiger partial charge in [-0.15, -0.1) is 11.3 Å². The summed E-state index contributed by atoms with van der Waals surface area (Å²) in [5.74, 6) is 0.951. The van der Waals surface area contributed by atoms with Crippen LogP contribution >= 0.6 is 11.3 Å². The number of anilines is 1. The second-order valence-corrected chi connectivity index (χ2v) is 5.22. The van der Waals surface area contributed by atoms with Crippen molar-refractivity contribution in [3.8, 4) is 5.75 Å². The fraction of sp³-hybridized carbons (Fsp3) is 0.214. The lowest BCUT2D eigenvalue weighted by Crippen LogP contribution is -1.94. The van der Waals surface area contributed by atoms with E-state index in [1.807, 2.05) is 41.8 Å². The average Bonchev–Trinajstić information content (AvgIpc) is 3.09. The molecule has 0 amide bonds. The summed E-state index contributed by atoms with van der Waals surface area (Å²) in [7, 11) is 0. The normalized spacial score (nSPS) is 15.1. The van der Waals surface area contributed by atoms with Gasteiger partial charge in [0.25, 0.3) is 0 Å². The predicted octanol–water partition coefficient (Wildman–Crippen LogP) is 3.44. The van der Waals surface area contributed by atoms with Gasteiger partial charge < -0.3 is 10.5 Å². The number of nitrogens with zero attached hydrogens (tertiary/aromatic N) is 1. The zero-order valence-corrected chi connectivity index (χ0v) is 10.7. The van der Waals surface area contributed by atoms with Crippen molar-refractivity contribution in [2.24, 2.45) is 0 Å². The molecule has 0 unspecified atom stereocenters. The van der Waals surface area contributed by atoms with Gasteiger partial charge in [0.2, 0.25) is 0 Å². The first-order valence-corrected chi connectivity index (χ1v) is 6.83. The molecule has 0 spiro atoms. The Balaban J connectivity index is 1.66. The van der Waals surface area contributed by atoms with E-state index >= 15 is 0 Å². The Labute approximate surface area is 110 Å². The summed E-state index contributed by atoms with van der Waals surface area (Å²) in [6, 6.07) is 8.11. The molecule has 1 saturated carbocycles. The number of aromatic nitrogens is 1. The van der Waals surface area contributed by atoms with Gasteiger partial charge in [-0.3, -0.25) is 0 Å². The standard InChI is InChI=1S/C14H14N2OS/c15-14-16-11(9-18-14)4-1-10-2-5-12(6-3-10)17-13-7-8-13/h1-6,9,13H,7-8H2,(H2,15,16). The number of hydrogen-bond donors (Lipinski definition) is 1. The lowest BCUT2D eigenvalue weighted by Gasteiger charge is -2.03. The number of ether oxygens (including phenoxy) is 1. The van der Waals surface area contributed by atoms with Gasteiger partial charge in [0.05, 0.1) is 11.8 Å². The van der Waals surface area contributed by atoms with Gasteiger partial charge in [0.15, 0.2) is 5.13 Å². The average molecular weight is 258 g/mol. The Morgan fingerprint density at radius 1 is 1.22 bits per heavy atom. The highest BCUT2D eigenvalue weighted by atomic mass is 32.1. The van der Waals surface area contributed by atoms with Crippen molar-refractivity contribution in [1.82, 2.24) is 4.98 Å². The molecule has 4 heteroatoms. The molecule has 0 radical (unpaired) electrons. The fourth-order valence-electron chi connectivity index (χ4n) is 1.59. The van der Waals surface area contributed by atoms with Crippen molar-refractivity contribution in [3.05, 3.63) is 40.9 Å². The van der Waals surface area contributed by atoms with E-state index < -0.39 is 0 Å². The minimum atomic E-state index is 0.448. The second-order valence-electron chi connectivity index (χ2n) is 4.33. The topological polar surface area (TPSA) is 48.1 Å². The largest absolute Gasteiger partial charge is 0.490 e. The van der Waals surface area contributed by atoms with Crippen LogP contribution in [0, 0.1) is 0 Å². The van der Waals surface area contributed by atoms with Crippen LogP contribution in [0.5, 0.6) is 5.75 Å². The zero-order chi connectivity index (χ0) is 12.4. The van der Waals surface area contributed by atoms with E-state index in [9.17, 15) is 0 Å². The Kier molecular flexibility index (Phi) is 3.02. The number of hydrogen-bond acceptors (Lipinski definition) is 4. The van der Waals surface area contributed by atoms with E-state index in [0.717, 1.165) is 17.0 Å². The monoisotopic (exact) mass is 258 g/mol. The molecule has 1 heterocycles. The number of nitrogen functional groups attached to an aromatic ring is 1. The lowest BCUT2D eigenvalue weighted by molar-refractivity contribution is 0.303. The number of thiazole rings is 1. The van der Waals surface area contributed by atoms with Crippen LogP contribution in [0.2, 0.25) is 0 Å². The number of benzene rings is 1. The minimum Gasteiger partial charge on any atom is -0.490 e. The maximum Gasteiger partial charge on any atom is 0.180 e. The van der Waals surface area contributed by atoms with Crippen molar-refractivity contribution < 1.29 is 4.74 Å². The number of nitrogens with two attached hydrogens (primary N) is 1. The van der Waals surface area contributed by atoms with Crippen LogP contribution in [0.25, 0.3) is 12.2 Å². The van der Waals surface area contributed by atoms with Gasteiger partial charge in [-0.05, 0) is 36.6 Å². The van der Waals surface area contributed by atoms with Crippen molar-refractivity contribution in [2.75, 3.05) is 5.73 Å². The van der Waals surface area contributed by atoms with E-state index in [1.165, 1.54) is 24.2 Å². The molecule has 1 fully saturated rings. The van der Waals surface area contributed by atoms with Gasteiger partial charge in [-0.25, -0.2) is 4.98 Å². The van der Waals surface area contributed by atoms with Gasteiger partial charge in [0, 0.05) is 5.38 Å². The maximum absolute atomic E-state index is 5.70. The molecule has 0 aliphatic heterocycles. The summed E-state index contributed by atoms with van der Waals surface area (Å²) in [6.07, 6.45) is 6.81. The Morgan fingerprint density at radius 2 is 2.00 bits per heavy atom. The van der Waals surface area contributed by atoms with E-state index in [0.29, 0.717) is 11.2 Å². The first-order valence-electron chi connectivity index (χ1n) is 5.95. The first-order chi connectivity index (χ1) is 8.79. The molecule has 1 aliphatic rings. The maximum atomic E-state index is 5.70. The molecule has 3 nitrogen and oxygen atoms in total. The smallest absolute Gasteiger partial charge is 0.180 e. The summed E-state index contributed by atoms with van der Waals surface area (Å²) in [4.78, 5) is 4.18. The quantitative estimate of drug-likeness (QED) is 0.914. The molecule has 1 aromatic carbocycles. The summed E-state index contributed by atoms with van der Waals surface area (Å²) in [5.41, 5.74) is 7.60. The van der Waals surface area contributed by atoms with Crippen molar-refractivity contribution >= 4 is 28.6 Å². The molecule has 0 saturated heterocycles. The molecule has 2 N–H and O–H groups in total. The van der Waals surface area contributed by atoms with Gasteiger partial charge >= 0.3 is 0 Å². The SMILES string of the molecule is Nc1nc(C=Cc2ccc(OC3CC3)cc2)cs1. The summed E-state index contributed by atoms with van der Waals surface area (Å²) < 4.78 is 5.70. The highest BCUT2D eigenvalue weighted by molar-refractivity contribution is 7.13. The Bertz CT molecular complexity index is 555. The van der Waals surface area contributed by atoms with Crippen LogP contribution in [0.4, 0.5) is 5.13 Å². The predicted molar refractivity (Wildman–Crippen MR) is 75.5 cm³/mol. The van der Waals surface area contributed by atoms with E-state index in [-0.39, 0.29) is 0 Å². The molecule has 2 aromatic rings. The van der Waals surface area contributed by atoms with E-state index in [4.69, 9.17) is 10.5 Å². The molecular formula is C14H14N2OS. The van der Waals surface area contributed by atoms with Crippen LogP contribution in [0.3, 0.4) is 0 Å². The van der Waals surface area contributed by atoms with E-state index in [1.54, 1.807) is 0 Å². The van der Waals surface area contributed by atoms with Crippen LogP contribution in [-0.2, 0) is 0 Å². The zero-order valence-electron chi connectivity index (χ0n) is 9.87. The third-order valence-electron chi connectivity index (χ3n) is 2.69. The summed E-state index contributed by atoms with van der Waals surface area (Å²) >= 11 is 1.45. The van der Waals surface area contributed by atoms with E-state index in [2.05, 4.69) is 4.98 Å². The van der Waals surface area contributed by atoms with Crippen LogP contribution in [-0.4, -0.2) is 11.1 Å². The van der Waals surface area contributed by atoms with Crippen molar-refractivity contribution in [2.45, 2.75) is 18.9 Å². The van der Waals surface area contributed by atoms with Gasteiger partial charge in [-0.1, -0.05) is 18.2 Å². The third-order valence-corrected chi connectivity index (χ3v) is 3.39. The summed E-state index contributed by atoms with van der Waals surface area (Å²) in [6.45, 7) is 0. The van der Waals surface area contributed by atoms with Gasteiger partial charge in [-0.2, -0.15) is 0 Å².